The molecule has 1 N–H and O–H groups in total. The Morgan fingerprint density at radius 2 is 1.68 bits per heavy atom. The van der Waals surface area contributed by atoms with Gasteiger partial charge in [-0.2, -0.15) is 0 Å². The molecule has 0 radical (unpaired) electrons. The average Bonchev–Trinajstić information content (AvgIpc) is 2.96. The molecule has 0 bridgehead atoms. The number of imide groups is 1. The van der Waals surface area contributed by atoms with Crippen molar-refractivity contribution in [2.75, 3.05) is 24.4 Å². The smallest absolute Gasteiger partial charge is 0.338 e. The van der Waals surface area contributed by atoms with Crippen molar-refractivity contribution in [3.05, 3.63) is 58.8 Å². The minimum Gasteiger partial charge on any atom is -0.497 e. The molecule has 2 amide bonds. The van der Waals surface area contributed by atoms with Gasteiger partial charge in [0, 0.05) is 11.8 Å². The summed E-state index contributed by atoms with van der Waals surface area (Å²) in [6, 6.07) is 11.0. The second-order valence-electron chi connectivity index (χ2n) is 6.83. The normalized spacial score (nSPS) is 13.7. The maximum Gasteiger partial charge on any atom is 0.338 e. The van der Waals surface area contributed by atoms with E-state index in [0.717, 1.165) is 4.90 Å². The number of methoxy groups -OCH3 is 2. The summed E-state index contributed by atoms with van der Waals surface area (Å²) in [6.07, 6.45) is -0.240. The van der Waals surface area contributed by atoms with Crippen LogP contribution in [0.25, 0.3) is 0 Å². The van der Waals surface area contributed by atoms with Crippen LogP contribution in [0.4, 0.5) is 11.4 Å². The summed E-state index contributed by atoms with van der Waals surface area (Å²) in [4.78, 5) is 38.7. The number of nitrogens with one attached hydrogen (secondary N) is 1. The van der Waals surface area contributed by atoms with E-state index in [1.54, 1.807) is 50.2 Å². The number of esters is 1. The van der Waals surface area contributed by atoms with Gasteiger partial charge >= 0.3 is 5.97 Å². The van der Waals surface area contributed by atoms with Gasteiger partial charge in [0.05, 0.1) is 31.6 Å². The van der Waals surface area contributed by atoms with Crippen molar-refractivity contribution in [1.29, 1.82) is 0 Å². The number of nitrogens with zero attached hydrogens (tertiary/aromatic N) is 1. The van der Waals surface area contributed by atoms with Crippen LogP contribution in [0, 0.1) is 0 Å². The number of carbonyl (C=O) groups excluding carboxylic acids is 3. The topological polar surface area (TPSA) is 94.2 Å². The molecule has 162 valence electrons. The van der Waals surface area contributed by atoms with Crippen LogP contribution in [0.5, 0.6) is 11.5 Å². The largest absolute Gasteiger partial charge is 0.497 e. The van der Waals surface area contributed by atoms with Gasteiger partial charge in [0.1, 0.15) is 22.2 Å². The Kier molecular flexibility index (Phi) is 6.50. The van der Waals surface area contributed by atoms with E-state index in [-0.39, 0.29) is 22.5 Å². The lowest BCUT2D eigenvalue weighted by atomic mass is 10.2. The molecule has 0 spiro atoms. The Labute approximate surface area is 184 Å². The lowest BCUT2D eigenvalue weighted by Crippen LogP contribution is -2.32. The number of rotatable bonds is 7. The highest BCUT2D eigenvalue weighted by Crippen LogP contribution is 2.37. The van der Waals surface area contributed by atoms with Crippen molar-refractivity contribution in [3.8, 4) is 11.5 Å². The van der Waals surface area contributed by atoms with Crippen molar-refractivity contribution in [3.63, 3.8) is 0 Å². The fourth-order valence-electron chi connectivity index (χ4n) is 2.92. The van der Waals surface area contributed by atoms with Gasteiger partial charge in [-0.15, -0.1) is 0 Å². The fraction of sp³-hybridized carbons (Fsp3) is 0.227. The van der Waals surface area contributed by atoms with Crippen LogP contribution in [-0.2, 0) is 14.3 Å². The highest BCUT2D eigenvalue weighted by Gasteiger charge is 2.40. The summed E-state index contributed by atoms with van der Waals surface area (Å²) in [5.74, 6) is -1.05. The summed E-state index contributed by atoms with van der Waals surface area (Å²) in [5.41, 5.74) is 0.943. The number of carbonyl (C=O) groups is 3. The molecule has 0 atom stereocenters. The van der Waals surface area contributed by atoms with Gasteiger partial charge in [0.2, 0.25) is 0 Å². The molecule has 1 heterocycles. The number of hydrogen-bond acceptors (Lipinski definition) is 7. The van der Waals surface area contributed by atoms with Crippen LogP contribution < -0.4 is 19.7 Å². The second-order valence-corrected chi connectivity index (χ2v) is 7.21. The van der Waals surface area contributed by atoms with E-state index in [4.69, 9.17) is 25.8 Å². The van der Waals surface area contributed by atoms with Crippen molar-refractivity contribution in [2.24, 2.45) is 0 Å². The summed E-state index contributed by atoms with van der Waals surface area (Å²) in [5, 5.41) is 2.59. The first-order chi connectivity index (χ1) is 14.8. The Hall–Kier alpha value is -3.52. The van der Waals surface area contributed by atoms with E-state index in [1.165, 1.54) is 20.3 Å². The zero-order chi connectivity index (χ0) is 22.7. The molecule has 1 aliphatic rings. The van der Waals surface area contributed by atoms with E-state index in [2.05, 4.69) is 5.32 Å². The average molecular weight is 445 g/mol. The van der Waals surface area contributed by atoms with Crippen LogP contribution in [0.1, 0.15) is 24.2 Å². The quantitative estimate of drug-likeness (QED) is 0.514. The monoisotopic (exact) mass is 444 g/mol. The standard InChI is InChI=1S/C22H21ClN2O6/c1-12(2)31-22(28)13-5-7-14(8-6-13)24-19-18(23)20(26)25(21(19)27)16-11-15(29-3)9-10-17(16)30-4/h5-12,24H,1-4H3. The predicted octanol–water partition coefficient (Wildman–Crippen LogP) is 3.70. The van der Waals surface area contributed by atoms with Crippen LogP contribution in [0.2, 0.25) is 0 Å². The maximum absolute atomic E-state index is 13.0. The molecule has 8 nitrogen and oxygen atoms in total. The Balaban J connectivity index is 1.85. The molecule has 2 aromatic carbocycles. The Bertz CT molecular complexity index is 1060. The SMILES string of the molecule is COc1ccc(OC)c(N2C(=O)C(Cl)=C(Nc3ccc(C(=O)OC(C)C)cc3)C2=O)c1. The van der Waals surface area contributed by atoms with Gasteiger partial charge in [-0.05, 0) is 50.2 Å². The third-order valence-electron chi connectivity index (χ3n) is 4.39. The van der Waals surface area contributed by atoms with Gasteiger partial charge in [0.25, 0.3) is 11.8 Å². The number of amides is 2. The lowest BCUT2D eigenvalue weighted by molar-refractivity contribution is -0.120. The molecular formula is C22H21ClN2O6. The molecule has 0 aromatic heterocycles. The summed E-state index contributed by atoms with van der Waals surface area (Å²) >= 11 is 6.19. The third kappa shape index (κ3) is 4.49. The van der Waals surface area contributed by atoms with Gasteiger partial charge < -0.3 is 19.5 Å². The number of benzene rings is 2. The van der Waals surface area contributed by atoms with E-state index in [9.17, 15) is 14.4 Å². The molecule has 1 aliphatic heterocycles. The van der Waals surface area contributed by atoms with E-state index in [0.29, 0.717) is 22.7 Å². The zero-order valence-electron chi connectivity index (χ0n) is 17.4. The van der Waals surface area contributed by atoms with Gasteiger partial charge in [-0.25, -0.2) is 9.69 Å². The molecule has 0 fully saturated rings. The minimum absolute atomic E-state index is 0.0888. The number of hydrogen-bond donors (Lipinski definition) is 1. The molecule has 3 rings (SSSR count). The Morgan fingerprint density at radius 1 is 1.00 bits per heavy atom. The molecular weight excluding hydrogens is 424 g/mol. The lowest BCUT2D eigenvalue weighted by Gasteiger charge is -2.19. The molecule has 0 unspecified atom stereocenters. The van der Waals surface area contributed by atoms with E-state index < -0.39 is 17.8 Å². The molecule has 0 aliphatic carbocycles. The van der Waals surface area contributed by atoms with Crippen LogP contribution >= 0.6 is 11.6 Å². The summed E-state index contributed by atoms with van der Waals surface area (Å²) < 4.78 is 15.6. The molecule has 0 saturated heterocycles. The van der Waals surface area contributed by atoms with Crippen LogP contribution in [0.3, 0.4) is 0 Å². The van der Waals surface area contributed by atoms with Gasteiger partial charge in [0.15, 0.2) is 0 Å². The molecule has 0 saturated carbocycles. The van der Waals surface area contributed by atoms with Crippen molar-refractivity contribution in [1.82, 2.24) is 0 Å². The maximum atomic E-state index is 13.0. The van der Waals surface area contributed by atoms with E-state index >= 15 is 0 Å². The summed E-state index contributed by atoms with van der Waals surface area (Å²) in [7, 11) is 2.90. The van der Waals surface area contributed by atoms with Crippen molar-refractivity contribution >= 4 is 40.8 Å². The number of halogens is 1. The third-order valence-corrected chi connectivity index (χ3v) is 4.74. The summed E-state index contributed by atoms with van der Waals surface area (Å²) in [6.45, 7) is 3.52. The van der Waals surface area contributed by atoms with Gasteiger partial charge in [-0.1, -0.05) is 11.6 Å². The Morgan fingerprint density at radius 3 is 2.26 bits per heavy atom. The van der Waals surface area contributed by atoms with Crippen LogP contribution in [0.15, 0.2) is 53.2 Å². The predicted molar refractivity (Wildman–Crippen MR) is 116 cm³/mol. The fourth-order valence-corrected chi connectivity index (χ4v) is 3.13. The van der Waals surface area contributed by atoms with E-state index in [1.807, 2.05) is 0 Å². The van der Waals surface area contributed by atoms with Crippen molar-refractivity contribution in [2.45, 2.75) is 20.0 Å². The minimum atomic E-state index is -0.696. The number of anilines is 2. The zero-order valence-corrected chi connectivity index (χ0v) is 18.1. The highest BCUT2D eigenvalue weighted by atomic mass is 35.5. The first kappa shape index (κ1) is 22.2. The first-order valence-corrected chi connectivity index (χ1v) is 9.73. The van der Waals surface area contributed by atoms with Crippen molar-refractivity contribution < 1.29 is 28.6 Å². The molecule has 9 heteroatoms. The molecule has 2 aromatic rings. The first-order valence-electron chi connectivity index (χ1n) is 9.35. The highest BCUT2D eigenvalue weighted by molar-refractivity contribution is 6.53. The van der Waals surface area contributed by atoms with Gasteiger partial charge in [-0.3, -0.25) is 9.59 Å². The number of ether oxygens (including phenoxy) is 3. The molecule has 31 heavy (non-hydrogen) atoms. The van der Waals surface area contributed by atoms with Crippen LogP contribution in [-0.4, -0.2) is 38.1 Å². The second kappa shape index (κ2) is 9.09.